The van der Waals surface area contributed by atoms with Crippen LogP contribution in [-0.2, 0) is 6.61 Å². The van der Waals surface area contributed by atoms with E-state index in [1.165, 1.54) is 22.6 Å². The number of aliphatic hydroxyl groups excluding tert-OH is 1. The molecule has 0 aromatic carbocycles. The molecule has 0 atom stereocenters. The maximum atomic E-state index is 12.4. The molecule has 0 bridgehead atoms. The largest absolute Gasteiger partial charge is 0.574 e. The molecule has 0 unspecified atom stereocenters. The van der Waals surface area contributed by atoms with E-state index in [9.17, 15) is 22.0 Å². The monoisotopic (exact) mass is 369 g/mol. The van der Waals surface area contributed by atoms with E-state index >= 15 is 0 Å². The van der Waals surface area contributed by atoms with Crippen molar-refractivity contribution < 1.29 is 31.8 Å². The van der Waals surface area contributed by atoms with Gasteiger partial charge in [-0.1, -0.05) is 0 Å². The highest BCUT2D eigenvalue weighted by molar-refractivity contribution is 14.1. The summed E-state index contributed by atoms with van der Waals surface area (Å²) in [6, 6.07) is 0.737. The van der Waals surface area contributed by atoms with Crippen LogP contribution in [0.15, 0.2) is 6.07 Å². The Morgan fingerprint density at radius 1 is 1.41 bits per heavy atom. The molecule has 0 aliphatic rings. The number of pyridine rings is 1. The molecule has 0 aliphatic heterocycles. The Morgan fingerprint density at radius 3 is 2.41 bits per heavy atom. The van der Waals surface area contributed by atoms with Gasteiger partial charge in [-0.25, -0.2) is 13.8 Å². The number of halogens is 6. The molecular weight excluding hydrogens is 364 g/mol. The smallest absolute Gasteiger partial charge is 0.391 e. The van der Waals surface area contributed by atoms with Crippen LogP contribution in [0, 0.1) is 3.70 Å². The Morgan fingerprint density at radius 2 is 2.00 bits per heavy atom. The first-order valence-electron chi connectivity index (χ1n) is 4.08. The Bertz CT molecular complexity index is 410. The Hall–Kier alpha value is -0.710. The molecule has 0 spiro atoms. The summed E-state index contributed by atoms with van der Waals surface area (Å²) in [6.07, 6.45) is -7.88. The molecule has 0 saturated heterocycles. The minimum Gasteiger partial charge on any atom is -0.391 e. The summed E-state index contributed by atoms with van der Waals surface area (Å²) in [7, 11) is 0. The molecule has 1 aromatic heterocycles. The summed E-state index contributed by atoms with van der Waals surface area (Å²) in [4.78, 5) is 3.25. The van der Waals surface area contributed by atoms with E-state index in [1.54, 1.807) is 0 Å². The van der Waals surface area contributed by atoms with E-state index in [4.69, 9.17) is 5.11 Å². The first-order chi connectivity index (χ1) is 7.74. The second-order valence-electron chi connectivity index (χ2n) is 2.84. The highest BCUT2D eigenvalue weighted by atomic mass is 127. The molecule has 1 aromatic rings. The molecule has 0 fully saturated rings. The summed E-state index contributed by atoms with van der Waals surface area (Å²) < 4.78 is 63.9. The predicted molar refractivity (Wildman–Crippen MR) is 54.5 cm³/mol. The number of alkyl halides is 5. The fourth-order valence-electron chi connectivity index (χ4n) is 0.999. The molecular formula is C8H5F5INO2. The van der Waals surface area contributed by atoms with Crippen LogP contribution in [0.5, 0.6) is 5.88 Å². The SMILES string of the molecule is OCc1cc(C(F)F)c(I)nc1OC(F)(F)F. The number of hydrogen-bond acceptors (Lipinski definition) is 3. The molecule has 3 nitrogen and oxygen atoms in total. The lowest BCUT2D eigenvalue weighted by molar-refractivity contribution is -0.276. The van der Waals surface area contributed by atoms with Crippen molar-refractivity contribution in [3.05, 3.63) is 20.9 Å². The van der Waals surface area contributed by atoms with Crippen LogP contribution in [0.2, 0.25) is 0 Å². The van der Waals surface area contributed by atoms with Gasteiger partial charge in [-0.3, -0.25) is 0 Å². The summed E-state index contributed by atoms with van der Waals surface area (Å²) in [5.41, 5.74) is -0.998. The van der Waals surface area contributed by atoms with Crippen LogP contribution in [0.1, 0.15) is 17.6 Å². The maximum absolute atomic E-state index is 12.4. The van der Waals surface area contributed by atoms with Crippen LogP contribution in [0.3, 0.4) is 0 Å². The van der Waals surface area contributed by atoms with Gasteiger partial charge in [-0.2, -0.15) is 0 Å². The minimum absolute atomic E-state index is 0.311. The first-order valence-corrected chi connectivity index (χ1v) is 5.16. The van der Waals surface area contributed by atoms with Crippen LogP contribution >= 0.6 is 22.6 Å². The topological polar surface area (TPSA) is 42.4 Å². The van der Waals surface area contributed by atoms with E-state index < -0.39 is 36.4 Å². The van der Waals surface area contributed by atoms with Crippen LogP contribution in [-0.4, -0.2) is 16.5 Å². The average Bonchev–Trinajstić information content (AvgIpc) is 2.14. The van der Waals surface area contributed by atoms with Crippen molar-refractivity contribution in [2.45, 2.75) is 19.4 Å². The number of hydrogen-bond donors (Lipinski definition) is 1. The highest BCUT2D eigenvalue weighted by Gasteiger charge is 2.33. The van der Waals surface area contributed by atoms with E-state index in [2.05, 4.69) is 9.72 Å². The zero-order valence-corrected chi connectivity index (χ0v) is 10.1. The molecule has 1 heterocycles. The van der Waals surface area contributed by atoms with Gasteiger partial charge in [0.1, 0.15) is 3.70 Å². The number of aliphatic hydroxyl groups is 1. The third-order valence-electron chi connectivity index (χ3n) is 1.66. The van der Waals surface area contributed by atoms with Gasteiger partial charge in [-0.05, 0) is 28.7 Å². The van der Waals surface area contributed by atoms with E-state index in [0.717, 1.165) is 6.07 Å². The van der Waals surface area contributed by atoms with Crippen LogP contribution < -0.4 is 4.74 Å². The van der Waals surface area contributed by atoms with Gasteiger partial charge in [-0.15, -0.1) is 13.2 Å². The fraction of sp³-hybridized carbons (Fsp3) is 0.375. The van der Waals surface area contributed by atoms with Crippen molar-refractivity contribution in [1.82, 2.24) is 4.98 Å². The highest BCUT2D eigenvalue weighted by Crippen LogP contribution is 2.31. The second-order valence-corrected chi connectivity index (χ2v) is 3.86. The quantitative estimate of drug-likeness (QED) is 0.506. The summed E-state index contributed by atoms with van der Waals surface area (Å²) >= 11 is 1.37. The van der Waals surface area contributed by atoms with Gasteiger partial charge in [0.2, 0.25) is 5.88 Å². The molecule has 0 amide bonds. The average molecular weight is 369 g/mol. The van der Waals surface area contributed by atoms with E-state index in [1.807, 2.05) is 0 Å². The van der Waals surface area contributed by atoms with Crippen molar-refractivity contribution in [3.63, 3.8) is 0 Å². The lowest BCUT2D eigenvalue weighted by atomic mass is 10.2. The Labute approximate surface area is 106 Å². The Kier molecular flexibility index (Phi) is 4.47. The maximum Gasteiger partial charge on any atom is 0.574 e. The number of ether oxygens (including phenoxy) is 1. The van der Waals surface area contributed by atoms with Gasteiger partial charge in [0.05, 0.1) is 12.2 Å². The first kappa shape index (κ1) is 14.4. The van der Waals surface area contributed by atoms with E-state index in [0.29, 0.717) is 0 Å². The third kappa shape index (κ3) is 3.91. The van der Waals surface area contributed by atoms with Gasteiger partial charge in [0.15, 0.2) is 0 Å². The molecule has 96 valence electrons. The van der Waals surface area contributed by atoms with Gasteiger partial charge < -0.3 is 9.84 Å². The number of rotatable bonds is 3. The number of aromatic nitrogens is 1. The van der Waals surface area contributed by atoms with E-state index in [-0.39, 0.29) is 3.70 Å². The van der Waals surface area contributed by atoms with Crippen molar-refractivity contribution >= 4 is 22.6 Å². The summed E-state index contributed by atoms with van der Waals surface area (Å²) in [5.74, 6) is -0.922. The molecule has 1 rings (SSSR count). The van der Waals surface area contributed by atoms with Crippen molar-refractivity contribution in [1.29, 1.82) is 0 Å². The molecule has 0 radical (unpaired) electrons. The van der Waals surface area contributed by atoms with Crippen molar-refractivity contribution in [3.8, 4) is 5.88 Å². The Balaban J connectivity index is 3.19. The zero-order valence-electron chi connectivity index (χ0n) is 7.93. The minimum atomic E-state index is -4.99. The van der Waals surface area contributed by atoms with Crippen LogP contribution in [0.4, 0.5) is 22.0 Å². The normalized spacial score (nSPS) is 12.0. The van der Waals surface area contributed by atoms with Gasteiger partial charge in [0, 0.05) is 5.56 Å². The van der Waals surface area contributed by atoms with Crippen molar-refractivity contribution in [2.24, 2.45) is 0 Å². The van der Waals surface area contributed by atoms with Gasteiger partial charge in [0.25, 0.3) is 6.43 Å². The predicted octanol–water partition coefficient (Wildman–Crippen LogP) is 3.01. The standard InChI is InChI=1S/C8H5F5INO2/c9-5(10)4-1-3(2-16)7(15-6(4)14)17-8(11,12)13/h1,5,16H,2H2. The molecule has 1 N–H and O–H groups in total. The lowest BCUT2D eigenvalue weighted by Crippen LogP contribution is -2.19. The lowest BCUT2D eigenvalue weighted by Gasteiger charge is -2.13. The second kappa shape index (κ2) is 5.29. The third-order valence-corrected chi connectivity index (χ3v) is 2.52. The van der Waals surface area contributed by atoms with Crippen LogP contribution in [0.25, 0.3) is 0 Å². The van der Waals surface area contributed by atoms with Crippen molar-refractivity contribution in [2.75, 3.05) is 0 Å². The van der Waals surface area contributed by atoms with Gasteiger partial charge >= 0.3 is 6.36 Å². The molecule has 9 heteroatoms. The molecule has 0 aliphatic carbocycles. The summed E-state index contributed by atoms with van der Waals surface area (Å²) in [5, 5.41) is 8.78. The fourth-order valence-corrected chi connectivity index (χ4v) is 1.61. The molecule has 17 heavy (non-hydrogen) atoms. The number of nitrogens with zero attached hydrogens (tertiary/aromatic N) is 1. The summed E-state index contributed by atoms with van der Waals surface area (Å²) in [6.45, 7) is -0.880. The zero-order chi connectivity index (χ0) is 13.2. The molecule has 0 saturated carbocycles.